The van der Waals surface area contributed by atoms with Crippen LogP contribution >= 0.6 is 12.4 Å². The van der Waals surface area contributed by atoms with Gasteiger partial charge >= 0.3 is 0 Å². The first-order chi connectivity index (χ1) is 12.2. The maximum atomic E-state index is 12.9. The van der Waals surface area contributed by atoms with E-state index in [-0.39, 0.29) is 18.2 Å². The largest absolute Gasteiger partial charge is 0.497 e. The van der Waals surface area contributed by atoms with Crippen LogP contribution in [0.5, 0.6) is 11.5 Å². The van der Waals surface area contributed by atoms with Gasteiger partial charge in [0.15, 0.2) is 0 Å². The zero-order valence-electron chi connectivity index (χ0n) is 15.2. The van der Waals surface area contributed by atoms with Crippen LogP contribution < -0.4 is 9.47 Å². The fraction of sp³-hybridized carbons (Fsp3) is 0.429. The van der Waals surface area contributed by atoms with Gasteiger partial charge in [-0.25, -0.2) is 4.39 Å². The average molecular weight is 380 g/mol. The first kappa shape index (κ1) is 20.5. The zero-order chi connectivity index (χ0) is 17.5. The highest BCUT2D eigenvalue weighted by atomic mass is 35.5. The van der Waals surface area contributed by atoms with Crippen LogP contribution in [0.2, 0.25) is 0 Å². The molecule has 26 heavy (non-hydrogen) atoms. The van der Waals surface area contributed by atoms with Gasteiger partial charge in [0.1, 0.15) is 23.9 Å². The lowest BCUT2D eigenvalue weighted by Crippen LogP contribution is -2.37. The van der Waals surface area contributed by atoms with Gasteiger partial charge in [-0.1, -0.05) is 12.1 Å². The fourth-order valence-corrected chi connectivity index (χ4v) is 3.33. The van der Waals surface area contributed by atoms with E-state index in [4.69, 9.17) is 9.47 Å². The predicted octanol–water partition coefficient (Wildman–Crippen LogP) is 4.59. The summed E-state index contributed by atoms with van der Waals surface area (Å²) in [6.07, 6.45) is 3.59. The van der Waals surface area contributed by atoms with Crippen LogP contribution in [0.15, 0.2) is 48.5 Å². The smallest absolute Gasteiger partial charge is 0.123 e. The topological polar surface area (TPSA) is 21.7 Å². The minimum Gasteiger partial charge on any atom is -0.497 e. The number of halogens is 2. The van der Waals surface area contributed by atoms with Crippen LogP contribution in [-0.2, 0) is 6.42 Å². The van der Waals surface area contributed by atoms with Gasteiger partial charge < -0.3 is 9.47 Å². The van der Waals surface area contributed by atoms with Crippen LogP contribution in [0.3, 0.4) is 0 Å². The van der Waals surface area contributed by atoms with Gasteiger partial charge in [0.25, 0.3) is 0 Å². The Labute approximate surface area is 161 Å². The van der Waals surface area contributed by atoms with Crippen molar-refractivity contribution in [1.29, 1.82) is 0 Å². The van der Waals surface area contributed by atoms with Gasteiger partial charge in [-0.05, 0) is 80.2 Å². The number of hydrogen-bond acceptors (Lipinski definition) is 3. The lowest BCUT2D eigenvalue weighted by Gasteiger charge is -2.31. The highest BCUT2D eigenvalue weighted by molar-refractivity contribution is 5.85. The van der Waals surface area contributed by atoms with E-state index in [0.29, 0.717) is 6.61 Å². The molecule has 2 aromatic carbocycles. The molecule has 0 aliphatic carbocycles. The van der Waals surface area contributed by atoms with Gasteiger partial charge in [0.2, 0.25) is 0 Å². The molecule has 1 aliphatic rings. The minimum absolute atomic E-state index is 0. The molecule has 0 radical (unpaired) electrons. The van der Waals surface area contributed by atoms with Crippen LogP contribution in [0.25, 0.3) is 0 Å². The summed E-state index contributed by atoms with van der Waals surface area (Å²) in [5.41, 5.74) is 1.39. The van der Waals surface area contributed by atoms with E-state index in [1.54, 1.807) is 19.2 Å². The third-order valence-electron chi connectivity index (χ3n) is 4.88. The minimum atomic E-state index is -0.230. The van der Waals surface area contributed by atoms with Gasteiger partial charge in [0.05, 0.1) is 7.11 Å². The monoisotopic (exact) mass is 379 g/mol. The van der Waals surface area contributed by atoms with Gasteiger partial charge in [-0.15, -0.1) is 12.4 Å². The number of likely N-dealkylation sites (tertiary alicyclic amines) is 1. The first-order valence-corrected chi connectivity index (χ1v) is 8.96. The molecule has 3 rings (SSSR count). The standard InChI is InChI=1S/C21H26FNO2.ClH/c1-24-20-6-2-17(3-7-20)16-18-10-12-23(13-11-18)14-15-25-21-8-4-19(22)5-9-21;/h2-9,18H,10-16H2,1H3;1H. The molecule has 142 valence electrons. The Kier molecular flexibility index (Phi) is 8.20. The highest BCUT2D eigenvalue weighted by Crippen LogP contribution is 2.23. The van der Waals surface area contributed by atoms with E-state index in [9.17, 15) is 4.39 Å². The Morgan fingerprint density at radius 2 is 1.58 bits per heavy atom. The van der Waals surface area contributed by atoms with E-state index >= 15 is 0 Å². The lowest BCUT2D eigenvalue weighted by molar-refractivity contribution is 0.155. The Balaban J connectivity index is 0.00000243. The molecule has 0 saturated carbocycles. The second kappa shape index (κ2) is 10.4. The van der Waals surface area contributed by atoms with Crippen molar-refractivity contribution < 1.29 is 13.9 Å². The number of methoxy groups -OCH3 is 1. The second-order valence-corrected chi connectivity index (χ2v) is 6.64. The first-order valence-electron chi connectivity index (χ1n) is 8.96. The van der Waals surface area contributed by atoms with Crippen molar-refractivity contribution >= 4 is 12.4 Å². The van der Waals surface area contributed by atoms with Crippen LogP contribution in [-0.4, -0.2) is 38.3 Å². The van der Waals surface area contributed by atoms with Crippen LogP contribution in [0.4, 0.5) is 4.39 Å². The van der Waals surface area contributed by atoms with Crippen molar-refractivity contribution in [3.8, 4) is 11.5 Å². The maximum absolute atomic E-state index is 12.9. The summed E-state index contributed by atoms with van der Waals surface area (Å²) in [4.78, 5) is 2.45. The molecule has 1 aliphatic heterocycles. The van der Waals surface area contributed by atoms with Crippen LogP contribution in [0, 0.1) is 11.7 Å². The number of hydrogen-bond donors (Lipinski definition) is 0. The molecule has 0 atom stereocenters. The van der Waals surface area contributed by atoms with Gasteiger partial charge in [0, 0.05) is 6.54 Å². The molecular formula is C21H27ClFNO2. The molecule has 3 nitrogen and oxygen atoms in total. The van der Waals surface area contributed by atoms with Crippen molar-refractivity contribution in [1.82, 2.24) is 4.90 Å². The maximum Gasteiger partial charge on any atom is 0.123 e. The Morgan fingerprint density at radius 1 is 0.962 bits per heavy atom. The number of benzene rings is 2. The quantitative estimate of drug-likeness (QED) is 0.702. The fourth-order valence-electron chi connectivity index (χ4n) is 3.33. The summed E-state index contributed by atoms with van der Waals surface area (Å²) >= 11 is 0. The highest BCUT2D eigenvalue weighted by Gasteiger charge is 2.19. The Bertz CT molecular complexity index is 640. The summed E-state index contributed by atoms with van der Waals surface area (Å²) < 4.78 is 23.8. The molecular weight excluding hydrogens is 353 g/mol. The zero-order valence-corrected chi connectivity index (χ0v) is 16.0. The SMILES string of the molecule is COc1ccc(CC2CCN(CCOc3ccc(F)cc3)CC2)cc1.Cl. The number of nitrogens with zero attached hydrogens (tertiary/aromatic N) is 1. The van der Waals surface area contributed by atoms with Gasteiger partial charge in [-0.3, -0.25) is 4.90 Å². The number of rotatable bonds is 7. The normalized spacial score (nSPS) is 15.3. The molecule has 1 fully saturated rings. The summed E-state index contributed by atoms with van der Waals surface area (Å²) in [5, 5.41) is 0. The number of piperidine rings is 1. The van der Waals surface area contributed by atoms with E-state index in [1.165, 1.54) is 30.5 Å². The molecule has 1 heterocycles. The van der Waals surface area contributed by atoms with Crippen molar-refractivity contribution in [2.24, 2.45) is 5.92 Å². The van der Waals surface area contributed by atoms with E-state index in [1.807, 2.05) is 12.1 Å². The van der Waals surface area contributed by atoms with Crippen molar-refractivity contribution in [2.75, 3.05) is 33.4 Å². The molecule has 0 N–H and O–H groups in total. The second-order valence-electron chi connectivity index (χ2n) is 6.64. The molecule has 0 bridgehead atoms. The summed E-state index contributed by atoms with van der Waals surface area (Å²) in [6.45, 7) is 3.81. The van der Waals surface area contributed by atoms with E-state index < -0.39 is 0 Å². The Hall–Kier alpha value is -1.78. The molecule has 0 aromatic heterocycles. The van der Waals surface area contributed by atoms with Crippen molar-refractivity contribution in [3.05, 3.63) is 59.9 Å². The van der Waals surface area contributed by atoms with Crippen molar-refractivity contribution in [3.63, 3.8) is 0 Å². The molecule has 2 aromatic rings. The van der Waals surface area contributed by atoms with Crippen molar-refractivity contribution in [2.45, 2.75) is 19.3 Å². The Morgan fingerprint density at radius 3 is 2.19 bits per heavy atom. The third kappa shape index (κ3) is 6.19. The third-order valence-corrected chi connectivity index (χ3v) is 4.88. The molecule has 0 unspecified atom stereocenters. The molecule has 5 heteroatoms. The summed E-state index contributed by atoms with van der Waals surface area (Å²) in [7, 11) is 1.70. The summed E-state index contributed by atoms with van der Waals surface area (Å²) in [6, 6.07) is 14.6. The lowest BCUT2D eigenvalue weighted by atomic mass is 9.90. The van der Waals surface area contributed by atoms with E-state index in [0.717, 1.165) is 43.5 Å². The summed E-state index contributed by atoms with van der Waals surface area (Å²) in [5.74, 6) is 2.17. The van der Waals surface area contributed by atoms with E-state index in [2.05, 4.69) is 17.0 Å². The van der Waals surface area contributed by atoms with Crippen LogP contribution in [0.1, 0.15) is 18.4 Å². The number of ether oxygens (including phenoxy) is 2. The average Bonchev–Trinajstić information content (AvgIpc) is 2.65. The molecule has 1 saturated heterocycles. The molecule has 0 spiro atoms. The van der Waals surface area contributed by atoms with Gasteiger partial charge in [-0.2, -0.15) is 0 Å². The molecule has 0 amide bonds. The predicted molar refractivity (Wildman–Crippen MR) is 105 cm³/mol.